The van der Waals surface area contributed by atoms with Crippen molar-refractivity contribution in [2.75, 3.05) is 5.32 Å². The van der Waals surface area contributed by atoms with Gasteiger partial charge in [-0.3, -0.25) is 4.79 Å². The average molecular weight is 289 g/mol. The highest BCUT2D eigenvalue weighted by Crippen LogP contribution is 2.23. The number of hydrogen-bond acceptors (Lipinski definition) is 1. The number of carbonyl (C=O) groups excluding carboxylic acids is 1. The van der Waals surface area contributed by atoms with Crippen molar-refractivity contribution in [1.29, 1.82) is 0 Å². The van der Waals surface area contributed by atoms with Crippen molar-refractivity contribution in [1.82, 2.24) is 9.55 Å². The average Bonchev–Trinajstić information content (AvgIpc) is 3.15. The minimum absolute atomic E-state index is 0.100. The van der Waals surface area contributed by atoms with Crippen molar-refractivity contribution in [2.24, 2.45) is 7.05 Å². The quantitative estimate of drug-likeness (QED) is 0.577. The second kappa shape index (κ2) is 4.77. The van der Waals surface area contributed by atoms with Gasteiger partial charge in [0.05, 0.1) is 5.69 Å². The van der Waals surface area contributed by atoms with Crippen LogP contribution in [-0.2, 0) is 7.05 Å². The molecule has 2 aromatic carbocycles. The van der Waals surface area contributed by atoms with Crippen LogP contribution in [0.25, 0.3) is 21.8 Å². The van der Waals surface area contributed by atoms with Gasteiger partial charge < -0.3 is 14.9 Å². The molecule has 0 spiro atoms. The lowest BCUT2D eigenvalue weighted by Crippen LogP contribution is -2.12. The second-order valence-electron chi connectivity index (χ2n) is 5.40. The third kappa shape index (κ3) is 1.97. The van der Waals surface area contributed by atoms with Crippen LogP contribution in [0.3, 0.4) is 0 Å². The van der Waals surface area contributed by atoms with Crippen molar-refractivity contribution >= 4 is 33.4 Å². The summed E-state index contributed by atoms with van der Waals surface area (Å²) in [5.41, 5.74) is 3.53. The highest BCUT2D eigenvalue weighted by atomic mass is 16.1. The predicted octanol–water partition coefficient (Wildman–Crippen LogP) is 3.91. The molecule has 108 valence electrons. The van der Waals surface area contributed by atoms with Gasteiger partial charge in [0, 0.05) is 41.4 Å². The van der Waals surface area contributed by atoms with E-state index in [9.17, 15) is 4.79 Å². The number of aromatic nitrogens is 2. The summed E-state index contributed by atoms with van der Waals surface area (Å²) >= 11 is 0. The number of anilines is 1. The zero-order chi connectivity index (χ0) is 15.1. The normalized spacial score (nSPS) is 11.1. The first kappa shape index (κ1) is 12.7. The molecule has 0 atom stereocenters. The molecule has 0 aliphatic rings. The van der Waals surface area contributed by atoms with E-state index >= 15 is 0 Å². The van der Waals surface area contributed by atoms with Gasteiger partial charge in [-0.05, 0) is 41.8 Å². The van der Waals surface area contributed by atoms with Gasteiger partial charge in [-0.1, -0.05) is 12.1 Å². The van der Waals surface area contributed by atoms with Crippen LogP contribution >= 0.6 is 0 Å². The number of nitrogens with one attached hydrogen (secondary N) is 2. The highest BCUT2D eigenvalue weighted by molar-refractivity contribution is 6.10. The fraction of sp³-hybridized carbons (Fsp3) is 0.0556. The standard InChI is InChI=1S/C18H15N3O/c1-21-10-8-12-5-6-13(11-17(12)21)18(22)20-16-4-2-3-15-14(16)7-9-19-15/h2-11,19H,1H3,(H,20,22). The molecule has 0 saturated carbocycles. The van der Waals surface area contributed by atoms with Crippen LogP contribution in [-0.4, -0.2) is 15.5 Å². The summed E-state index contributed by atoms with van der Waals surface area (Å²) in [6, 6.07) is 15.6. The highest BCUT2D eigenvalue weighted by Gasteiger charge is 2.10. The number of aromatic amines is 1. The molecule has 0 bridgehead atoms. The number of H-pyrrole nitrogens is 1. The summed E-state index contributed by atoms with van der Waals surface area (Å²) in [6.45, 7) is 0. The van der Waals surface area contributed by atoms with Gasteiger partial charge in [0.25, 0.3) is 5.91 Å². The van der Waals surface area contributed by atoms with E-state index in [1.54, 1.807) is 0 Å². The number of benzene rings is 2. The van der Waals surface area contributed by atoms with E-state index in [1.165, 1.54) is 0 Å². The largest absolute Gasteiger partial charge is 0.361 e. The van der Waals surface area contributed by atoms with Gasteiger partial charge >= 0.3 is 0 Å². The van der Waals surface area contributed by atoms with Crippen LogP contribution in [0.1, 0.15) is 10.4 Å². The molecule has 0 fully saturated rings. The third-order valence-corrected chi connectivity index (χ3v) is 3.99. The first-order chi connectivity index (χ1) is 10.7. The van der Waals surface area contributed by atoms with Gasteiger partial charge in [0.2, 0.25) is 0 Å². The lowest BCUT2D eigenvalue weighted by atomic mass is 10.1. The van der Waals surface area contributed by atoms with E-state index < -0.39 is 0 Å². The summed E-state index contributed by atoms with van der Waals surface area (Å²) < 4.78 is 2.01. The topological polar surface area (TPSA) is 49.8 Å². The molecule has 4 nitrogen and oxygen atoms in total. The number of carbonyl (C=O) groups is 1. The predicted molar refractivity (Wildman–Crippen MR) is 89.2 cm³/mol. The fourth-order valence-electron chi connectivity index (χ4n) is 2.79. The molecule has 2 heterocycles. The minimum Gasteiger partial charge on any atom is -0.361 e. The lowest BCUT2D eigenvalue weighted by Gasteiger charge is -2.07. The first-order valence-electron chi connectivity index (χ1n) is 7.15. The van der Waals surface area contributed by atoms with E-state index in [0.717, 1.165) is 27.5 Å². The van der Waals surface area contributed by atoms with E-state index in [4.69, 9.17) is 0 Å². The van der Waals surface area contributed by atoms with Crippen molar-refractivity contribution in [3.8, 4) is 0 Å². The third-order valence-electron chi connectivity index (χ3n) is 3.99. The Morgan fingerprint density at radius 1 is 1.14 bits per heavy atom. The Bertz CT molecular complexity index is 994. The maximum Gasteiger partial charge on any atom is 0.255 e. The SMILES string of the molecule is Cn1ccc2ccc(C(=O)Nc3cccc4[nH]ccc34)cc21. The molecule has 4 rings (SSSR count). The Morgan fingerprint density at radius 3 is 2.95 bits per heavy atom. The summed E-state index contributed by atoms with van der Waals surface area (Å²) in [4.78, 5) is 15.7. The summed E-state index contributed by atoms with van der Waals surface area (Å²) in [5, 5.41) is 5.14. The Labute approximate surface area is 127 Å². The number of hydrogen-bond donors (Lipinski definition) is 2. The molecule has 1 amide bonds. The fourth-order valence-corrected chi connectivity index (χ4v) is 2.79. The number of rotatable bonds is 2. The van der Waals surface area contributed by atoms with Crippen LogP contribution in [0.2, 0.25) is 0 Å². The molecule has 0 saturated heterocycles. The van der Waals surface area contributed by atoms with Gasteiger partial charge in [-0.25, -0.2) is 0 Å². The van der Waals surface area contributed by atoms with Crippen LogP contribution in [0.4, 0.5) is 5.69 Å². The van der Waals surface area contributed by atoms with Gasteiger partial charge in [0.15, 0.2) is 0 Å². The van der Waals surface area contributed by atoms with Gasteiger partial charge in [-0.2, -0.15) is 0 Å². The summed E-state index contributed by atoms with van der Waals surface area (Å²) in [7, 11) is 1.98. The number of nitrogens with zero attached hydrogens (tertiary/aromatic N) is 1. The summed E-state index contributed by atoms with van der Waals surface area (Å²) in [6.07, 6.45) is 3.86. The minimum atomic E-state index is -0.100. The van der Waals surface area contributed by atoms with Crippen molar-refractivity contribution in [2.45, 2.75) is 0 Å². The first-order valence-corrected chi connectivity index (χ1v) is 7.15. The molecule has 22 heavy (non-hydrogen) atoms. The van der Waals surface area contributed by atoms with Crippen molar-refractivity contribution in [3.05, 3.63) is 66.5 Å². The molecule has 2 N–H and O–H groups in total. The Kier molecular flexibility index (Phi) is 2.76. The van der Waals surface area contributed by atoms with Crippen molar-refractivity contribution in [3.63, 3.8) is 0 Å². The van der Waals surface area contributed by atoms with E-state index in [1.807, 2.05) is 72.5 Å². The maximum atomic E-state index is 12.5. The molecule has 4 heteroatoms. The number of aryl methyl sites for hydroxylation is 1. The van der Waals surface area contributed by atoms with E-state index in [2.05, 4.69) is 10.3 Å². The van der Waals surface area contributed by atoms with E-state index in [-0.39, 0.29) is 5.91 Å². The number of amides is 1. The molecule has 0 aliphatic heterocycles. The van der Waals surface area contributed by atoms with Gasteiger partial charge in [-0.15, -0.1) is 0 Å². The van der Waals surface area contributed by atoms with Crippen LogP contribution in [0.5, 0.6) is 0 Å². The number of fused-ring (bicyclic) bond motifs is 2. The van der Waals surface area contributed by atoms with Crippen molar-refractivity contribution < 1.29 is 4.79 Å². The monoisotopic (exact) mass is 289 g/mol. The van der Waals surface area contributed by atoms with Crippen LogP contribution in [0.15, 0.2) is 60.9 Å². The van der Waals surface area contributed by atoms with Gasteiger partial charge in [0.1, 0.15) is 0 Å². The molecule has 0 unspecified atom stereocenters. The zero-order valence-electron chi connectivity index (χ0n) is 12.1. The smallest absolute Gasteiger partial charge is 0.255 e. The Hall–Kier alpha value is -3.01. The lowest BCUT2D eigenvalue weighted by molar-refractivity contribution is 0.102. The molecule has 2 aromatic heterocycles. The molecule has 0 aliphatic carbocycles. The zero-order valence-corrected chi connectivity index (χ0v) is 12.1. The maximum absolute atomic E-state index is 12.5. The summed E-state index contributed by atoms with van der Waals surface area (Å²) in [5.74, 6) is -0.100. The van der Waals surface area contributed by atoms with E-state index in [0.29, 0.717) is 5.56 Å². The van der Waals surface area contributed by atoms with Crippen LogP contribution < -0.4 is 5.32 Å². The molecular formula is C18H15N3O. The Balaban J connectivity index is 1.71. The Morgan fingerprint density at radius 2 is 2.05 bits per heavy atom. The second-order valence-corrected chi connectivity index (χ2v) is 5.40. The molecule has 0 radical (unpaired) electrons. The van der Waals surface area contributed by atoms with Crippen LogP contribution in [0, 0.1) is 0 Å². The molecule has 4 aromatic rings. The molecular weight excluding hydrogens is 274 g/mol.